The Morgan fingerprint density at radius 1 is 1.33 bits per heavy atom. The molecular formula is C17H31IN4OS. The zero-order chi connectivity index (χ0) is 16.3. The van der Waals surface area contributed by atoms with Crippen molar-refractivity contribution in [2.24, 2.45) is 4.99 Å². The van der Waals surface area contributed by atoms with E-state index in [4.69, 9.17) is 9.73 Å². The van der Waals surface area contributed by atoms with Gasteiger partial charge in [-0.15, -0.1) is 35.3 Å². The molecule has 1 aromatic heterocycles. The normalized spacial score (nSPS) is 16.7. The van der Waals surface area contributed by atoms with Gasteiger partial charge in [-0.05, 0) is 51.2 Å². The Kier molecular flexibility index (Phi) is 11.7. The van der Waals surface area contributed by atoms with Gasteiger partial charge in [-0.2, -0.15) is 0 Å². The Labute approximate surface area is 167 Å². The van der Waals surface area contributed by atoms with Crippen LogP contribution in [-0.4, -0.2) is 56.8 Å². The van der Waals surface area contributed by atoms with Gasteiger partial charge < -0.3 is 15.4 Å². The van der Waals surface area contributed by atoms with Gasteiger partial charge in [-0.1, -0.05) is 6.07 Å². The third kappa shape index (κ3) is 7.25. The minimum absolute atomic E-state index is 0. The van der Waals surface area contributed by atoms with Crippen LogP contribution in [0.5, 0.6) is 0 Å². The molecule has 0 amide bonds. The molecule has 0 saturated carbocycles. The van der Waals surface area contributed by atoms with E-state index in [1.807, 2.05) is 18.3 Å². The van der Waals surface area contributed by atoms with Crippen LogP contribution in [0.2, 0.25) is 0 Å². The van der Waals surface area contributed by atoms with E-state index in [1.54, 1.807) is 0 Å². The SMILES string of the molecule is CCNC(=NCC(c1cccs1)N1CCCC1)NCCOCC.I. The van der Waals surface area contributed by atoms with E-state index in [0.717, 1.165) is 32.2 Å². The number of ether oxygens (including phenoxy) is 1. The maximum atomic E-state index is 5.38. The molecule has 0 radical (unpaired) electrons. The van der Waals surface area contributed by atoms with Crippen LogP contribution in [0.15, 0.2) is 22.5 Å². The second-order valence-corrected chi connectivity index (χ2v) is 6.60. The van der Waals surface area contributed by atoms with Crippen molar-refractivity contribution < 1.29 is 4.74 Å². The lowest BCUT2D eigenvalue weighted by Crippen LogP contribution is -2.39. The Bertz CT molecular complexity index is 449. The first-order chi connectivity index (χ1) is 11.3. The number of likely N-dealkylation sites (tertiary alicyclic amines) is 1. The van der Waals surface area contributed by atoms with Crippen LogP contribution in [0, 0.1) is 0 Å². The maximum absolute atomic E-state index is 5.38. The van der Waals surface area contributed by atoms with Gasteiger partial charge in [-0.25, -0.2) is 0 Å². The molecule has 1 atom stereocenters. The van der Waals surface area contributed by atoms with Crippen molar-refractivity contribution in [3.05, 3.63) is 22.4 Å². The molecular weight excluding hydrogens is 435 g/mol. The van der Waals surface area contributed by atoms with E-state index in [9.17, 15) is 0 Å². The highest BCUT2D eigenvalue weighted by atomic mass is 127. The van der Waals surface area contributed by atoms with Gasteiger partial charge in [0.15, 0.2) is 5.96 Å². The largest absolute Gasteiger partial charge is 0.380 e. The van der Waals surface area contributed by atoms with Gasteiger partial charge in [0.1, 0.15) is 0 Å². The lowest BCUT2D eigenvalue weighted by molar-refractivity contribution is 0.152. The number of halogens is 1. The lowest BCUT2D eigenvalue weighted by Gasteiger charge is -2.25. The third-order valence-electron chi connectivity index (χ3n) is 3.96. The van der Waals surface area contributed by atoms with Crippen LogP contribution in [0.1, 0.15) is 37.6 Å². The molecule has 2 heterocycles. The molecule has 1 aromatic rings. The average Bonchev–Trinajstić information content (AvgIpc) is 3.25. The molecule has 0 aliphatic carbocycles. The first-order valence-corrected chi connectivity index (χ1v) is 9.60. The molecule has 138 valence electrons. The average molecular weight is 466 g/mol. The number of nitrogens with zero attached hydrogens (tertiary/aromatic N) is 2. The summed E-state index contributed by atoms with van der Waals surface area (Å²) in [6.45, 7) is 10.4. The lowest BCUT2D eigenvalue weighted by atomic mass is 10.2. The van der Waals surface area contributed by atoms with E-state index < -0.39 is 0 Å². The van der Waals surface area contributed by atoms with E-state index in [2.05, 4.69) is 40.0 Å². The Hall–Kier alpha value is -0.380. The summed E-state index contributed by atoms with van der Waals surface area (Å²) in [6, 6.07) is 4.77. The number of guanidine groups is 1. The molecule has 0 aromatic carbocycles. The first-order valence-electron chi connectivity index (χ1n) is 8.72. The smallest absolute Gasteiger partial charge is 0.191 e. The summed E-state index contributed by atoms with van der Waals surface area (Å²) in [5.41, 5.74) is 0. The minimum Gasteiger partial charge on any atom is -0.380 e. The van der Waals surface area contributed by atoms with Crippen LogP contribution in [0.4, 0.5) is 0 Å². The molecule has 2 N–H and O–H groups in total. The molecule has 1 saturated heterocycles. The van der Waals surface area contributed by atoms with Gasteiger partial charge in [0.25, 0.3) is 0 Å². The summed E-state index contributed by atoms with van der Waals surface area (Å²) in [5.74, 6) is 0.882. The summed E-state index contributed by atoms with van der Waals surface area (Å²) in [5, 5.41) is 8.82. The second-order valence-electron chi connectivity index (χ2n) is 5.62. The van der Waals surface area contributed by atoms with Crippen LogP contribution >= 0.6 is 35.3 Å². The minimum atomic E-state index is 0. The quantitative estimate of drug-likeness (QED) is 0.254. The summed E-state index contributed by atoms with van der Waals surface area (Å²) in [7, 11) is 0. The molecule has 0 spiro atoms. The molecule has 1 aliphatic heterocycles. The van der Waals surface area contributed by atoms with Crippen molar-refractivity contribution in [3.8, 4) is 0 Å². The highest BCUT2D eigenvalue weighted by molar-refractivity contribution is 14.0. The standard InChI is InChI=1S/C17H30N4OS.HI/c1-3-18-17(19-9-12-22-4-2)20-14-15(16-8-7-13-23-16)21-10-5-6-11-21;/h7-8,13,15H,3-6,9-12,14H2,1-2H3,(H2,18,19,20);1H. The van der Waals surface area contributed by atoms with Crippen LogP contribution in [-0.2, 0) is 4.74 Å². The number of rotatable bonds is 9. The fourth-order valence-electron chi connectivity index (χ4n) is 2.82. The zero-order valence-corrected chi connectivity index (χ0v) is 17.9. The van der Waals surface area contributed by atoms with Gasteiger partial charge in [0.05, 0.1) is 19.2 Å². The Morgan fingerprint density at radius 3 is 2.75 bits per heavy atom. The predicted molar refractivity (Wildman–Crippen MR) is 114 cm³/mol. The van der Waals surface area contributed by atoms with E-state index in [1.165, 1.54) is 30.8 Å². The number of hydrogen-bond donors (Lipinski definition) is 2. The predicted octanol–water partition coefficient (Wildman–Crippen LogP) is 3.09. The summed E-state index contributed by atoms with van der Waals surface area (Å²) in [6.07, 6.45) is 2.61. The van der Waals surface area contributed by atoms with Crippen molar-refractivity contribution in [3.63, 3.8) is 0 Å². The Balaban J connectivity index is 0.00000288. The van der Waals surface area contributed by atoms with Crippen LogP contribution in [0.25, 0.3) is 0 Å². The molecule has 5 nitrogen and oxygen atoms in total. The maximum Gasteiger partial charge on any atom is 0.191 e. The molecule has 1 aliphatic rings. The molecule has 1 unspecified atom stereocenters. The summed E-state index contributed by atoms with van der Waals surface area (Å²) < 4.78 is 5.38. The van der Waals surface area contributed by atoms with Crippen molar-refractivity contribution in [1.29, 1.82) is 0 Å². The van der Waals surface area contributed by atoms with Crippen LogP contribution in [0.3, 0.4) is 0 Å². The topological polar surface area (TPSA) is 48.9 Å². The van der Waals surface area contributed by atoms with Crippen molar-refractivity contribution in [2.75, 3.05) is 45.9 Å². The van der Waals surface area contributed by atoms with E-state index in [0.29, 0.717) is 12.6 Å². The Morgan fingerprint density at radius 2 is 2.12 bits per heavy atom. The second kappa shape index (κ2) is 12.9. The summed E-state index contributed by atoms with van der Waals surface area (Å²) in [4.78, 5) is 8.80. The first kappa shape index (κ1) is 21.7. The monoisotopic (exact) mass is 466 g/mol. The summed E-state index contributed by atoms with van der Waals surface area (Å²) >= 11 is 1.84. The number of aliphatic imine (C=N–C) groups is 1. The molecule has 0 bridgehead atoms. The van der Waals surface area contributed by atoms with Crippen LogP contribution < -0.4 is 10.6 Å². The molecule has 1 fully saturated rings. The van der Waals surface area contributed by atoms with E-state index >= 15 is 0 Å². The number of hydrogen-bond acceptors (Lipinski definition) is 4. The molecule has 24 heavy (non-hydrogen) atoms. The number of nitrogens with one attached hydrogen (secondary N) is 2. The fourth-order valence-corrected chi connectivity index (χ4v) is 3.68. The third-order valence-corrected chi connectivity index (χ3v) is 4.94. The highest BCUT2D eigenvalue weighted by Crippen LogP contribution is 2.28. The molecule has 7 heteroatoms. The van der Waals surface area contributed by atoms with Gasteiger partial charge in [-0.3, -0.25) is 9.89 Å². The van der Waals surface area contributed by atoms with Crippen molar-refractivity contribution in [1.82, 2.24) is 15.5 Å². The van der Waals surface area contributed by atoms with Gasteiger partial charge in [0, 0.05) is 24.6 Å². The van der Waals surface area contributed by atoms with Gasteiger partial charge >= 0.3 is 0 Å². The van der Waals surface area contributed by atoms with Crippen molar-refractivity contribution in [2.45, 2.75) is 32.7 Å². The highest BCUT2D eigenvalue weighted by Gasteiger charge is 2.24. The zero-order valence-electron chi connectivity index (χ0n) is 14.8. The van der Waals surface area contributed by atoms with Crippen molar-refractivity contribution >= 4 is 41.3 Å². The van der Waals surface area contributed by atoms with Gasteiger partial charge in [0.2, 0.25) is 0 Å². The van der Waals surface area contributed by atoms with E-state index in [-0.39, 0.29) is 24.0 Å². The fraction of sp³-hybridized carbons (Fsp3) is 0.706. The number of thiophene rings is 1. The molecule has 2 rings (SSSR count).